The highest BCUT2D eigenvalue weighted by atomic mass is 15.2. The summed E-state index contributed by atoms with van der Waals surface area (Å²) in [6.45, 7) is 2.08. The fourth-order valence-electron chi connectivity index (χ4n) is 2.69. The van der Waals surface area contributed by atoms with Gasteiger partial charge in [-0.15, -0.1) is 0 Å². The largest absolute Gasteiger partial charge is 0.359 e. The van der Waals surface area contributed by atoms with Crippen molar-refractivity contribution in [3.05, 3.63) is 48.0 Å². The molecule has 0 saturated heterocycles. The van der Waals surface area contributed by atoms with E-state index in [4.69, 9.17) is 4.98 Å². The van der Waals surface area contributed by atoms with Crippen LogP contribution in [0, 0.1) is 6.92 Å². The maximum absolute atomic E-state index is 4.70. The quantitative estimate of drug-likeness (QED) is 0.790. The van der Waals surface area contributed by atoms with Crippen LogP contribution in [-0.2, 0) is 0 Å². The van der Waals surface area contributed by atoms with Crippen LogP contribution in [0.4, 0.5) is 11.5 Å². The van der Waals surface area contributed by atoms with E-state index >= 15 is 0 Å². The van der Waals surface area contributed by atoms with Crippen LogP contribution < -0.4 is 4.90 Å². The first-order valence-electron chi connectivity index (χ1n) is 7.37. The van der Waals surface area contributed by atoms with Crippen molar-refractivity contribution in [1.29, 1.82) is 0 Å². The molecular formula is C17H18N4. The first kappa shape index (κ1) is 12.4. The lowest BCUT2D eigenvalue weighted by atomic mass is 10.2. The van der Waals surface area contributed by atoms with Crippen LogP contribution in [0.1, 0.15) is 30.3 Å². The number of nitrogens with one attached hydrogen (secondary N) is 1. The number of fused-ring (bicyclic) bond motifs is 1. The second-order valence-electron chi connectivity index (χ2n) is 5.83. The van der Waals surface area contributed by atoms with Gasteiger partial charge in [-0.3, -0.25) is 0 Å². The molecule has 2 aromatic heterocycles. The minimum atomic E-state index is 0.577. The molecule has 0 amide bonds. The van der Waals surface area contributed by atoms with Crippen molar-refractivity contribution in [1.82, 2.24) is 15.0 Å². The summed E-state index contributed by atoms with van der Waals surface area (Å²) in [7, 11) is 2.06. The third kappa shape index (κ3) is 2.27. The van der Waals surface area contributed by atoms with Gasteiger partial charge in [-0.25, -0.2) is 9.97 Å². The molecule has 1 saturated carbocycles. The van der Waals surface area contributed by atoms with E-state index in [2.05, 4.69) is 53.1 Å². The molecule has 0 unspecified atom stereocenters. The van der Waals surface area contributed by atoms with Crippen LogP contribution in [-0.4, -0.2) is 22.0 Å². The maximum atomic E-state index is 4.70. The molecule has 4 rings (SSSR count). The Kier molecular flexibility index (Phi) is 2.70. The second-order valence-corrected chi connectivity index (χ2v) is 5.83. The van der Waals surface area contributed by atoms with Crippen LogP contribution in [0.25, 0.3) is 10.9 Å². The molecule has 3 aromatic rings. The second kappa shape index (κ2) is 4.58. The molecule has 21 heavy (non-hydrogen) atoms. The molecule has 1 fully saturated rings. The molecule has 1 aliphatic carbocycles. The highest BCUT2D eigenvalue weighted by Gasteiger charge is 2.26. The number of hydrogen-bond acceptors (Lipinski definition) is 3. The van der Waals surface area contributed by atoms with Crippen LogP contribution in [0.15, 0.2) is 36.5 Å². The predicted octanol–water partition coefficient (Wildman–Crippen LogP) is 3.91. The molecule has 4 nitrogen and oxygen atoms in total. The SMILES string of the molecule is Cc1cc2cc(N(C)c3ccnc(C4CC4)n3)ccc2[nH]1. The highest BCUT2D eigenvalue weighted by Crippen LogP contribution is 2.38. The van der Waals surface area contributed by atoms with E-state index in [1.165, 1.54) is 29.4 Å². The minimum absolute atomic E-state index is 0.577. The van der Waals surface area contributed by atoms with Crippen molar-refractivity contribution < 1.29 is 0 Å². The molecule has 4 heteroatoms. The predicted molar refractivity (Wildman–Crippen MR) is 85.1 cm³/mol. The van der Waals surface area contributed by atoms with Crippen molar-refractivity contribution in [2.45, 2.75) is 25.7 Å². The molecular weight excluding hydrogens is 260 g/mol. The molecule has 0 spiro atoms. The molecule has 0 atom stereocenters. The Hall–Kier alpha value is -2.36. The number of H-pyrrole nitrogens is 1. The summed E-state index contributed by atoms with van der Waals surface area (Å²) in [5, 5.41) is 1.23. The van der Waals surface area contributed by atoms with Crippen LogP contribution in [0.3, 0.4) is 0 Å². The Bertz CT molecular complexity index is 801. The van der Waals surface area contributed by atoms with Gasteiger partial charge < -0.3 is 9.88 Å². The number of hydrogen-bond donors (Lipinski definition) is 1. The van der Waals surface area contributed by atoms with E-state index < -0.39 is 0 Å². The van der Waals surface area contributed by atoms with Crippen molar-refractivity contribution in [2.75, 3.05) is 11.9 Å². The first-order valence-corrected chi connectivity index (χ1v) is 7.37. The van der Waals surface area contributed by atoms with Gasteiger partial charge in [0.1, 0.15) is 11.6 Å². The summed E-state index contributed by atoms with van der Waals surface area (Å²) < 4.78 is 0. The van der Waals surface area contributed by atoms with Gasteiger partial charge in [0.2, 0.25) is 0 Å². The van der Waals surface area contributed by atoms with Crippen molar-refractivity contribution in [3.63, 3.8) is 0 Å². The van der Waals surface area contributed by atoms with Gasteiger partial charge in [0, 0.05) is 41.4 Å². The van der Waals surface area contributed by atoms with E-state index in [0.717, 1.165) is 17.3 Å². The topological polar surface area (TPSA) is 44.8 Å². The summed E-state index contributed by atoms with van der Waals surface area (Å²) in [5.74, 6) is 2.52. The van der Waals surface area contributed by atoms with Gasteiger partial charge in [0.25, 0.3) is 0 Å². The molecule has 1 aliphatic rings. The van der Waals surface area contributed by atoms with E-state index in [9.17, 15) is 0 Å². The smallest absolute Gasteiger partial charge is 0.136 e. The molecule has 0 bridgehead atoms. The van der Waals surface area contributed by atoms with Gasteiger partial charge in [0.05, 0.1) is 0 Å². The van der Waals surface area contributed by atoms with Crippen molar-refractivity contribution in [2.24, 2.45) is 0 Å². The summed E-state index contributed by atoms with van der Waals surface area (Å²) in [6, 6.07) is 10.6. The average Bonchev–Trinajstić information content (AvgIpc) is 3.27. The van der Waals surface area contributed by atoms with Crippen molar-refractivity contribution >= 4 is 22.4 Å². The molecule has 1 N–H and O–H groups in total. The zero-order chi connectivity index (χ0) is 14.4. The summed E-state index contributed by atoms with van der Waals surface area (Å²) in [5.41, 5.74) is 3.50. The Morgan fingerprint density at radius 2 is 2.05 bits per heavy atom. The zero-order valence-corrected chi connectivity index (χ0v) is 12.3. The molecule has 1 aromatic carbocycles. The minimum Gasteiger partial charge on any atom is -0.359 e. The Morgan fingerprint density at radius 3 is 2.86 bits per heavy atom. The van der Waals surface area contributed by atoms with Gasteiger partial charge in [-0.05, 0) is 50.1 Å². The average molecular weight is 278 g/mol. The van der Waals surface area contributed by atoms with Gasteiger partial charge in [0.15, 0.2) is 0 Å². The van der Waals surface area contributed by atoms with Crippen LogP contribution in [0.2, 0.25) is 0 Å². The number of anilines is 2. The number of rotatable bonds is 3. The molecule has 106 valence electrons. The normalized spacial score (nSPS) is 14.6. The monoisotopic (exact) mass is 278 g/mol. The standard InChI is InChI=1S/C17H18N4/c1-11-9-13-10-14(5-6-15(13)19-11)21(2)16-7-8-18-17(20-16)12-3-4-12/h5-10,12,19H,3-4H2,1-2H3. The van der Waals surface area contributed by atoms with E-state index in [-0.39, 0.29) is 0 Å². The Balaban J connectivity index is 1.71. The Labute approximate surface area is 123 Å². The summed E-state index contributed by atoms with van der Waals surface area (Å²) in [6.07, 6.45) is 4.31. The lowest BCUT2D eigenvalue weighted by Crippen LogP contribution is -2.12. The molecule has 0 aliphatic heterocycles. The lowest BCUT2D eigenvalue weighted by Gasteiger charge is -2.18. The lowest BCUT2D eigenvalue weighted by molar-refractivity contribution is 0.914. The maximum Gasteiger partial charge on any atom is 0.136 e. The zero-order valence-electron chi connectivity index (χ0n) is 12.3. The fourth-order valence-corrected chi connectivity index (χ4v) is 2.69. The molecule has 2 heterocycles. The third-order valence-electron chi connectivity index (χ3n) is 4.07. The van der Waals surface area contributed by atoms with Gasteiger partial charge in [-0.1, -0.05) is 0 Å². The highest BCUT2D eigenvalue weighted by molar-refractivity contribution is 5.85. The Morgan fingerprint density at radius 1 is 1.19 bits per heavy atom. The van der Waals surface area contributed by atoms with E-state index in [0.29, 0.717) is 5.92 Å². The van der Waals surface area contributed by atoms with Gasteiger partial charge >= 0.3 is 0 Å². The van der Waals surface area contributed by atoms with E-state index in [1.54, 1.807) is 0 Å². The van der Waals surface area contributed by atoms with Crippen LogP contribution >= 0.6 is 0 Å². The molecule has 0 radical (unpaired) electrons. The van der Waals surface area contributed by atoms with Crippen LogP contribution in [0.5, 0.6) is 0 Å². The third-order valence-corrected chi connectivity index (χ3v) is 4.07. The first-order chi connectivity index (χ1) is 10.2. The number of aromatic nitrogens is 3. The number of aromatic amines is 1. The fraction of sp³-hybridized carbons (Fsp3) is 0.294. The van der Waals surface area contributed by atoms with Gasteiger partial charge in [-0.2, -0.15) is 0 Å². The number of benzene rings is 1. The van der Waals surface area contributed by atoms with Crippen molar-refractivity contribution in [3.8, 4) is 0 Å². The van der Waals surface area contributed by atoms with E-state index in [1.807, 2.05) is 12.3 Å². The number of aryl methyl sites for hydroxylation is 1. The summed E-state index contributed by atoms with van der Waals surface area (Å²) >= 11 is 0. The summed E-state index contributed by atoms with van der Waals surface area (Å²) in [4.78, 5) is 14.6. The number of nitrogens with zero attached hydrogens (tertiary/aromatic N) is 3.